The van der Waals surface area contributed by atoms with Crippen LogP contribution in [0.4, 0.5) is 0 Å². The molecule has 2 rings (SSSR count). The van der Waals surface area contributed by atoms with Gasteiger partial charge in [-0.1, -0.05) is 0 Å². The first-order chi connectivity index (χ1) is 7.16. The highest BCUT2D eigenvalue weighted by molar-refractivity contribution is 9.10. The Labute approximate surface area is 94.5 Å². The van der Waals surface area contributed by atoms with Gasteiger partial charge in [0.05, 0.1) is 15.1 Å². The van der Waals surface area contributed by atoms with Crippen LogP contribution in [0.25, 0.3) is 6.08 Å². The van der Waals surface area contributed by atoms with Gasteiger partial charge in [0.15, 0.2) is 0 Å². The zero-order valence-corrected chi connectivity index (χ0v) is 9.35. The van der Waals surface area contributed by atoms with E-state index in [2.05, 4.69) is 25.9 Å². The lowest BCUT2D eigenvalue weighted by molar-refractivity contribution is -0.401. The van der Waals surface area contributed by atoms with Crippen molar-refractivity contribution < 1.29 is 4.92 Å². The molecule has 0 radical (unpaired) electrons. The van der Waals surface area contributed by atoms with E-state index in [0.717, 1.165) is 24.9 Å². The van der Waals surface area contributed by atoms with E-state index >= 15 is 0 Å². The Morgan fingerprint density at radius 2 is 2.33 bits per heavy atom. The summed E-state index contributed by atoms with van der Waals surface area (Å²) in [5, 5.41) is 10.2. The molecule has 1 aliphatic carbocycles. The lowest BCUT2D eigenvalue weighted by atomic mass is 10.3. The number of hydrogen-bond donors (Lipinski definition) is 0. The van der Waals surface area contributed by atoms with Crippen molar-refractivity contribution in [3.63, 3.8) is 0 Å². The van der Waals surface area contributed by atoms with Crippen LogP contribution in [0, 0.1) is 10.1 Å². The van der Waals surface area contributed by atoms with Crippen LogP contribution in [0.3, 0.4) is 0 Å². The van der Waals surface area contributed by atoms with E-state index in [1.54, 1.807) is 6.20 Å². The van der Waals surface area contributed by atoms with Gasteiger partial charge in [-0.25, -0.2) is 9.97 Å². The molecule has 0 amide bonds. The molecule has 0 N–H and O–H groups in total. The molecule has 6 heteroatoms. The molecule has 78 valence electrons. The maximum Gasteiger partial charge on any atom is 0.236 e. The van der Waals surface area contributed by atoms with Crippen molar-refractivity contribution in [2.45, 2.75) is 18.8 Å². The molecular weight excluding hydrogens is 262 g/mol. The van der Waals surface area contributed by atoms with Crippen molar-refractivity contribution >= 4 is 22.0 Å². The highest BCUT2D eigenvalue weighted by Gasteiger charge is 2.26. The third kappa shape index (κ3) is 2.59. The number of halogens is 1. The average molecular weight is 270 g/mol. The van der Waals surface area contributed by atoms with Gasteiger partial charge >= 0.3 is 0 Å². The number of nitro groups is 1. The molecule has 0 saturated heterocycles. The largest absolute Gasteiger partial charge is 0.259 e. The standard InChI is InChI=1S/C9H8BrN3O2/c10-7-5-11-9(6-1-2-6)12-8(7)3-4-13(14)15/h3-6H,1-2H2/b4-3+. The van der Waals surface area contributed by atoms with Gasteiger partial charge in [-0.3, -0.25) is 10.1 Å². The Kier molecular flexibility index (Phi) is 2.77. The molecule has 0 bridgehead atoms. The predicted octanol–water partition coefficient (Wildman–Crippen LogP) is 2.36. The summed E-state index contributed by atoms with van der Waals surface area (Å²) >= 11 is 3.25. The van der Waals surface area contributed by atoms with E-state index in [9.17, 15) is 10.1 Å². The number of hydrogen-bond acceptors (Lipinski definition) is 4. The van der Waals surface area contributed by atoms with Gasteiger partial charge in [0, 0.05) is 18.2 Å². The minimum absolute atomic E-state index is 0.445. The molecule has 0 spiro atoms. The molecule has 1 fully saturated rings. The summed E-state index contributed by atoms with van der Waals surface area (Å²) in [6.45, 7) is 0. The molecule has 0 unspecified atom stereocenters. The maximum absolute atomic E-state index is 10.2. The zero-order chi connectivity index (χ0) is 10.8. The van der Waals surface area contributed by atoms with E-state index < -0.39 is 4.92 Å². The molecule has 1 aromatic rings. The fraction of sp³-hybridized carbons (Fsp3) is 0.333. The lowest BCUT2D eigenvalue weighted by Crippen LogP contribution is -1.95. The van der Waals surface area contributed by atoms with Gasteiger partial charge < -0.3 is 0 Å². The van der Waals surface area contributed by atoms with Gasteiger partial charge in [-0.15, -0.1) is 0 Å². The van der Waals surface area contributed by atoms with Crippen LogP contribution in [-0.2, 0) is 0 Å². The molecule has 1 aliphatic rings. The van der Waals surface area contributed by atoms with Gasteiger partial charge in [-0.2, -0.15) is 0 Å². The van der Waals surface area contributed by atoms with E-state index in [4.69, 9.17) is 0 Å². The third-order valence-electron chi connectivity index (χ3n) is 2.09. The van der Waals surface area contributed by atoms with Crippen molar-refractivity contribution in [2.24, 2.45) is 0 Å². The fourth-order valence-electron chi connectivity index (χ4n) is 1.18. The van der Waals surface area contributed by atoms with Crippen LogP contribution in [-0.4, -0.2) is 14.9 Å². The van der Waals surface area contributed by atoms with Gasteiger partial charge in [-0.05, 0) is 28.8 Å². The quantitative estimate of drug-likeness (QED) is 0.624. The Morgan fingerprint density at radius 3 is 2.93 bits per heavy atom. The van der Waals surface area contributed by atoms with Gasteiger partial charge in [0.1, 0.15) is 5.82 Å². The zero-order valence-electron chi connectivity index (χ0n) is 7.76. The molecule has 15 heavy (non-hydrogen) atoms. The maximum atomic E-state index is 10.2. The van der Waals surface area contributed by atoms with E-state index in [1.165, 1.54) is 6.08 Å². The Morgan fingerprint density at radius 1 is 1.60 bits per heavy atom. The topological polar surface area (TPSA) is 68.9 Å². The van der Waals surface area contributed by atoms with Crippen molar-refractivity contribution in [1.29, 1.82) is 0 Å². The molecule has 0 aliphatic heterocycles. The number of aromatic nitrogens is 2. The summed E-state index contributed by atoms with van der Waals surface area (Å²) in [4.78, 5) is 18.1. The van der Waals surface area contributed by atoms with Crippen molar-refractivity contribution in [3.8, 4) is 0 Å². The summed E-state index contributed by atoms with van der Waals surface area (Å²) in [5.74, 6) is 1.22. The van der Waals surface area contributed by atoms with Crippen molar-refractivity contribution in [2.75, 3.05) is 0 Å². The SMILES string of the molecule is O=[N+]([O-])/C=C/c1nc(C2CC2)ncc1Br. The van der Waals surface area contributed by atoms with Crippen LogP contribution >= 0.6 is 15.9 Å². The lowest BCUT2D eigenvalue weighted by Gasteiger charge is -1.99. The van der Waals surface area contributed by atoms with Crippen molar-refractivity contribution in [3.05, 3.63) is 38.5 Å². The minimum Gasteiger partial charge on any atom is -0.259 e. The van der Waals surface area contributed by atoms with E-state index in [1.807, 2.05) is 0 Å². The van der Waals surface area contributed by atoms with E-state index in [-0.39, 0.29) is 0 Å². The molecular formula is C9H8BrN3O2. The highest BCUT2D eigenvalue weighted by atomic mass is 79.9. The monoisotopic (exact) mass is 269 g/mol. The molecule has 5 nitrogen and oxygen atoms in total. The number of rotatable bonds is 3. The first kappa shape index (κ1) is 10.2. The Balaban J connectivity index is 2.27. The second kappa shape index (κ2) is 4.06. The van der Waals surface area contributed by atoms with Gasteiger partial charge in [0.2, 0.25) is 6.20 Å². The van der Waals surface area contributed by atoms with Crippen LogP contribution < -0.4 is 0 Å². The molecule has 1 aromatic heterocycles. The summed E-state index contributed by atoms with van der Waals surface area (Å²) in [7, 11) is 0. The first-order valence-corrected chi connectivity index (χ1v) is 5.30. The van der Waals surface area contributed by atoms with Crippen molar-refractivity contribution in [1.82, 2.24) is 9.97 Å². The molecule has 1 saturated carbocycles. The van der Waals surface area contributed by atoms with Crippen LogP contribution in [0.2, 0.25) is 0 Å². The Hall–Kier alpha value is -1.30. The summed E-state index contributed by atoms with van der Waals surface area (Å²) in [5.41, 5.74) is 0.559. The third-order valence-corrected chi connectivity index (χ3v) is 2.70. The summed E-state index contributed by atoms with van der Waals surface area (Å²) in [6.07, 6.45) is 6.11. The van der Waals surface area contributed by atoms with Crippen LogP contribution in [0.1, 0.15) is 30.3 Å². The molecule has 0 atom stereocenters. The fourth-order valence-corrected chi connectivity index (χ4v) is 1.50. The second-order valence-corrected chi connectivity index (χ2v) is 4.19. The average Bonchev–Trinajstić information content (AvgIpc) is 3.00. The summed E-state index contributed by atoms with van der Waals surface area (Å²) < 4.78 is 0.671. The normalized spacial score (nSPS) is 15.8. The number of nitrogens with zero attached hydrogens (tertiary/aromatic N) is 3. The predicted molar refractivity (Wildman–Crippen MR) is 57.7 cm³/mol. The first-order valence-electron chi connectivity index (χ1n) is 4.51. The summed E-state index contributed by atoms with van der Waals surface area (Å²) in [6, 6.07) is 0. The molecule has 0 aromatic carbocycles. The molecule has 1 heterocycles. The Bertz CT molecular complexity index is 429. The van der Waals surface area contributed by atoms with Crippen LogP contribution in [0.5, 0.6) is 0 Å². The minimum atomic E-state index is -0.509. The smallest absolute Gasteiger partial charge is 0.236 e. The highest BCUT2D eigenvalue weighted by Crippen LogP contribution is 2.38. The van der Waals surface area contributed by atoms with Crippen LogP contribution in [0.15, 0.2) is 16.9 Å². The van der Waals surface area contributed by atoms with Gasteiger partial charge in [0.25, 0.3) is 0 Å². The van der Waals surface area contributed by atoms with E-state index in [0.29, 0.717) is 16.1 Å². The second-order valence-electron chi connectivity index (χ2n) is 3.34.